The number of hydrogen-bond acceptors (Lipinski definition) is 4. The number of unbranched alkanes of at least 4 members (excludes halogenated alkanes) is 2. The molecule has 0 N–H and O–H groups in total. The number of pyridine rings is 1. The van der Waals surface area contributed by atoms with Crippen LogP contribution in [0.15, 0.2) is 24.7 Å². The summed E-state index contributed by atoms with van der Waals surface area (Å²) in [4.78, 5) is 15.4. The molecule has 19 heavy (non-hydrogen) atoms. The van der Waals surface area contributed by atoms with Crippen LogP contribution in [-0.4, -0.2) is 28.0 Å². The van der Waals surface area contributed by atoms with Gasteiger partial charge in [0.15, 0.2) is 5.65 Å². The minimum atomic E-state index is 0.783. The lowest BCUT2D eigenvalue weighted by Gasteiger charge is -2.24. The van der Waals surface area contributed by atoms with Crippen LogP contribution < -0.4 is 4.90 Å². The third-order valence-corrected chi connectivity index (χ3v) is 3.25. The van der Waals surface area contributed by atoms with E-state index in [1.54, 1.807) is 12.5 Å². The zero-order valence-electron chi connectivity index (χ0n) is 11.8. The second kappa shape index (κ2) is 7.02. The molecule has 0 bridgehead atoms. The van der Waals surface area contributed by atoms with Crippen molar-refractivity contribution >= 4 is 16.9 Å². The van der Waals surface area contributed by atoms with Gasteiger partial charge in [-0.15, -0.1) is 0 Å². The van der Waals surface area contributed by atoms with Gasteiger partial charge in [-0.2, -0.15) is 0 Å². The largest absolute Gasteiger partial charge is 0.356 e. The zero-order chi connectivity index (χ0) is 13.5. The molecule has 0 atom stereocenters. The Morgan fingerprint density at radius 3 is 2.42 bits per heavy atom. The lowest BCUT2D eigenvalue weighted by atomic mass is 10.2. The highest BCUT2D eigenvalue weighted by Gasteiger charge is 2.11. The predicted molar refractivity (Wildman–Crippen MR) is 79.4 cm³/mol. The predicted octanol–water partition coefficient (Wildman–Crippen LogP) is 3.43. The molecule has 4 nitrogen and oxygen atoms in total. The van der Waals surface area contributed by atoms with Crippen LogP contribution in [0.1, 0.15) is 39.5 Å². The van der Waals surface area contributed by atoms with E-state index in [1.165, 1.54) is 25.7 Å². The molecule has 2 aromatic heterocycles. The minimum absolute atomic E-state index is 0.783. The van der Waals surface area contributed by atoms with Gasteiger partial charge in [-0.1, -0.05) is 26.7 Å². The van der Waals surface area contributed by atoms with Crippen LogP contribution in [0.5, 0.6) is 0 Å². The van der Waals surface area contributed by atoms with Gasteiger partial charge in [0.25, 0.3) is 0 Å². The first-order valence-electron chi connectivity index (χ1n) is 7.17. The summed E-state index contributed by atoms with van der Waals surface area (Å²) in [5.41, 5.74) is 0.783. The van der Waals surface area contributed by atoms with E-state index in [4.69, 9.17) is 0 Å². The number of fused-ring (bicyclic) bond motifs is 1. The maximum atomic E-state index is 4.49. The average molecular weight is 258 g/mol. The van der Waals surface area contributed by atoms with Crippen molar-refractivity contribution in [2.45, 2.75) is 39.5 Å². The van der Waals surface area contributed by atoms with Gasteiger partial charge in [0.2, 0.25) is 0 Å². The van der Waals surface area contributed by atoms with Gasteiger partial charge in [0.05, 0.1) is 5.39 Å². The van der Waals surface area contributed by atoms with Crippen LogP contribution in [0, 0.1) is 0 Å². The van der Waals surface area contributed by atoms with Gasteiger partial charge in [-0.05, 0) is 25.0 Å². The first kappa shape index (κ1) is 13.7. The topological polar surface area (TPSA) is 41.9 Å². The van der Waals surface area contributed by atoms with E-state index in [9.17, 15) is 0 Å². The van der Waals surface area contributed by atoms with Gasteiger partial charge in [-0.3, -0.25) is 0 Å². The fourth-order valence-corrected chi connectivity index (χ4v) is 2.16. The molecule has 0 unspecified atom stereocenters. The lowest BCUT2D eigenvalue weighted by Crippen LogP contribution is -2.26. The highest BCUT2D eigenvalue weighted by atomic mass is 15.2. The number of aromatic nitrogens is 3. The molecule has 4 heteroatoms. The molecule has 0 saturated heterocycles. The summed E-state index contributed by atoms with van der Waals surface area (Å²) in [5, 5.41) is 1.05. The Balaban J connectivity index is 2.31. The smallest absolute Gasteiger partial charge is 0.164 e. The Labute approximate surface area is 114 Å². The number of hydrogen-bond donors (Lipinski definition) is 0. The number of anilines is 1. The molecule has 0 aliphatic rings. The molecule has 0 aromatic carbocycles. The molecule has 0 fully saturated rings. The molecule has 0 aliphatic carbocycles. The van der Waals surface area contributed by atoms with E-state index in [0.29, 0.717) is 0 Å². The van der Waals surface area contributed by atoms with E-state index in [2.05, 4.69) is 39.8 Å². The summed E-state index contributed by atoms with van der Waals surface area (Å²) < 4.78 is 0. The highest BCUT2D eigenvalue weighted by molar-refractivity contribution is 5.86. The van der Waals surface area contributed by atoms with E-state index >= 15 is 0 Å². The van der Waals surface area contributed by atoms with Crippen molar-refractivity contribution in [1.29, 1.82) is 0 Å². The summed E-state index contributed by atoms with van der Waals surface area (Å²) >= 11 is 0. The second-order valence-electron chi connectivity index (χ2n) is 4.77. The van der Waals surface area contributed by atoms with Crippen LogP contribution in [-0.2, 0) is 0 Å². The third kappa shape index (κ3) is 3.40. The summed E-state index contributed by atoms with van der Waals surface area (Å²) in [6.45, 7) is 6.55. The van der Waals surface area contributed by atoms with Crippen LogP contribution in [0.4, 0.5) is 5.82 Å². The van der Waals surface area contributed by atoms with Gasteiger partial charge in [0, 0.05) is 19.3 Å². The Morgan fingerprint density at radius 1 is 1.00 bits per heavy atom. The third-order valence-electron chi connectivity index (χ3n) is 3.25. The van der Waals surface area contributed by atoms with Crippen LogP contribution in [0.3, 0.4) is 0 Å². The lowest BCUT2D eigenvalue weighted by molar-refractivity contribution is 0.672. The first-order chi connectivity index (χ1) is 9.36. The van der Waals surface area contributed by atoms with Gasteiger partial charge >= 0.3 is 0 Å². The van der Waals surface area contributed by atoms with E-state index < -0.39 is 0 Å². The molecular formula is C15H22N4. The van der Waals surface area contributed by atoms with Crippen LogP contribution in [0.25, 0.3) is 11.0 Å². The summed E-state index contributed by atoms with van der Waals surface area (Å²) in [5.74, 6) is 1.03. The molecule has 0 spiro atoms. The Kier molecular flexibility index (Phi) is 5.07. The monoisotopic (exact) mass is 258 g/mol. The second-order valence-corrected chi connectivity index (χ2v) is 4.77. The van der Waals surface area contributed by atoms with E-state index in [1.807, 2.05) is 6.07 Å². The Hall–Kier alpha value is -1.71. The van der Waals surface area contributed by atoms with Gasteiger partial charge in [-0.25, -0.2) is 15.0 Å². The normalized spacial score (nSPS) is 10.8. The van der Waals surface area contributed by atoms with Crippen molar-refractivity contribution in [1.82, 2.24) is 15.0 Å². The zero-order valence-corrected chi connectivity index (χ0v) is 11.8. The highest BCUT2D eigenvalue weighted by Crippen LogP contribution is 2.21. The minimum Gasteiger partial charge on any atom is -0.356 e. The van der Waals surface area contributed by atoms with E-state index in [-0.39, 0.29) is 0 Å². The summed E-state index contributed by atoms with van der Waals surface area (Å²) in [7, 11) is 0. The maximum absolute atomic E-state index is 4.49. The molecule has 102 valence electrons. The SMILES string of the molecule is CCCCN(CCCC)c1ncnc2ncccc12. The average Bonchev–Trinajstić information content (AvgIpc) is 2.47. The Bertz CT molecular complexity index is 499. The van der Waals surface area contributed by atoms with Crippen molar-refractivity contribution in [3.8, 4) is 0 Å². The number of nitrogens with zero attached hydrogens (tertiary/aromatic N) is 4. The van der Waals surface area contributed by atoms with Crippen molar-refractivity contribution in [2.75, 3.05) is 18.0 Å². The maximum Gasteiger partial charge on any atom is 0.164 e. The molecule has 2 heterocycles. The first-order valence-corrected chi connectivity index (χ1v) is 7.17. The van der Waals surface area contributed by atoms with Gasteiger partial charge in [0.1, 0.15) is 12.1 Å². The molecule has 0 saturated carbocycles. The Morgan fingerprint density at radius 2 is 1.74 bits per heavy atom. The molecule has 2 rings (SSSR count). The van der Waals surface area contributed by atoms with E-state index in [0.717, 1.165) is 29.9 Å². The standard InChI is InChI=1S/C15H22N4/c1-3-5-10-19(11-6-4-2)15-13-8-7-9-16-14(13)17-12-18-15/h7-9,12H,3-6,10-11H2,1-2H3. The van der Waals surface area contributed by atoms with Gasteiger partial charge < -0.3 is 4.90 Å². The molecular weight excluding hydrogens is 236 g/mol. The van der Waals surface area contributed by atoms with Crippen molar-refractivity contribution < 1.29 is 0 Å². The molecule has 0 radical (unpaired) electrons. The van der Waals surface area contributed by atoms with Crippen LogP contribution >= 0.6 is 0 Å². The van der Waals surface area contributed by atoms with Crippen molar-refractivity contribution in [2.24, 2.45) is 0 Å². The fraction of sp³-hybridized carbons (Fsp3) is 0.533. The summed E-state index contributed by atoms with van der Waals surface area (Å²) in [6, 6.07) is 4.01. The van der Waals surface area contributed by atoms with Crippen LogP contribution in [0.2, 0.25) is 0 Å². The van der Waals surface area contributed by atoms with Crippen molar-refractivity contribution in [3.63, 3.8) is 0 Å². The molecule has 0 aliphatic heterocycles. The molecule has 2 aromatic rings. The molecule has 0 amide bonds. The fourth-order valence-electron chi connectivity index (χ4n) is 2.16. The van der Waals surface area contributed by atoms with Crippen molar-refractivity contribution in [3.05, 3.63) is 24.7 Å². The quantitative estimate of drug-likeness (QED) is 0.763. The summed E-state index contributed by atoms with van der Waals surface area (Å²) in [6.07, 6.45) is 8.18. The number of rotatable bonds is 7.